The fourth-order valence-corrected chi connectivity index (χ4v) is 2.42. The molecule has 1 unspecified atom stereocenters. The van der Waals surface area contributed by atoms with Crippen LogP contribution in [0, 0.1) is 9.49 Å². The molecule has 1 aliphatic heterocycles. The van der Waals surface area contributed by atoms with E-state index in [0.717, 1.165) is 9.26 Å². The van der Waals surface area contributed by atoms with Crippen molar-refractivity contribution in [2.45, 2.75) is 6.42 Å². The molecular formula is C11H11IN2O3. The fourth-order valence-electron chi connectivity index (χ4n) is 1.83. The lowest BCUT2D eigenvalue weighted by atomic mass is 10.1. The van der Waals surface area contributed by atoms with Crippen LogP contribution in [0.2, 0.25) is 0 Å². The molecule has 0 aliphatic carbocycles. The predicted octanol–water partition coefficient (Wildman–Crippen LogP) is 1.21. The third-order valence-electron chi connectivity index (χ3n) is 2.70. The van der Waals surface area contributed by atoms with Crippen LogP contribution >= 0.6 is 22.6 Å². The van der Waals surface area contributed by atoms with Gasteiger partial charge in [0.2, 0.25) is 5.91 Å². The minimum absolute atomic E-state index is 0.0636. The molecule has 1 amide bonds. The van der Waals surface area contributed by atoms with Gasteiger partial charge < -0.3 is 9.64 Å². The highest BCUT2D eigenvalue weighted by molar-refractivity contribution is 14.1. The van der Waals surface area contributed by atoms with Gasteiger partial charge in [-0.1, -0.05) is 0 Å². The van der Waals surface area contributed by atoms with Gasteiger partial charge in [0.25, 0.3) is 0 Å². The second kappa shape index (κ2) is 4.99. The van der Waals surface area contributed by atoms with E-state index in [4.69, 9.17) is 0 Å². The Hall–Kier alpha value is -1.18. The topological polar surface area (TPSA) is 59.5 Å². The zero-order valence-corrected chi connectivity index (χ0v) is 11.4. The minimum Gasteiger partial charge on any atom is -0.469 e. The van der Waals surface area contributed by atoms with Crippen molar-refractivity contribution >= 4 is 40.2 Å². The molecule has 1 atom stereocenters. The number of pyridine rings is 1. The van der Waals surface area contributed by atoms with Crippen LogP contribution in [0.3, 0.4) is 0 Å². The summed E-state index contributed by atoms with van der Waals surface area (Å²) in [5.74, 6) is -0.769. The summed E-state index contributed by atoms with van der Waals surface area (Å²) < 4.78 is 5.60. The molecule has 17 heavy (non-hydrogen) atoms. The molecule has 0 saturated carbocycles. The number of hydrogen-bond donors (Lipinski definition) is 0. The van der Waals surface area contributed by atoms with Crippen LogP contribution in [0.15, 0.2) is 18.5 Å². The van der Waals surface area contributed by atoms with Crippen LogP contribution in [0.1, 0.15) is 6.42 Å². The number of carbonyl (C=O) groups is 2. The van der Waals surface area contributed by atoms with Gasteiger partial charge in [-0.15, -0.1) is 0 Å². The van der Waals surface area contributed by atoms with E-state index in [1.165, 1.54) is 7.11 Å². The first kappa shape index (κ1) is 12.3. The standard InChI is InChI=1S/C11H11IN2O3/c1-17-11(16)7-4-10(15)14(6-7)9-5-13-3-2-8(9)12/h2-3,5,7H,4,6H2,1H3. The Labute approximate surface area is 112 Å². The van der Waals surface area contributed by atoms with Crippen molar-refractivity contribution in [1.29, 1.82) is 0 Å². The zero-order valence-electron chi connectivity index (χ0n) is 9.22. The van der Waals surface area contributed by atoms with Crippen LogP contribution in [0.25, 0.3) is 0 Å². The summed E-state index contributed by atoms with van der Waals surface area (Å²) in [4.78, 5) is 28.8. The van der Waals surface area contributed by atoms with Crippen molar-refractivity contribution in [2.24, 2.45) is 5.92 Å². The van der Waals surface area contributed by atoms with E-state index in [2.05, 4.69) is 32.3 Å². The maximum absolute atomic E-state index is 11.8. The molecule has 1 aromatic heterocycles. The van der Waals surface area contributed by atoms with Gasteiger partial charge in [0.05, 0.1) is 24.9 Å². The van der Waals surface area contributed by atoms with Gasteiger partial charge in [0.1, 0.15) is 0 Å². The molecule has 1 fully saturated rings. The summed E-state index contributed by atoms with van der Waals surface area (Å²) in [6.45, 7) is 0.368. The summed E-state index contributed by atoms with van der Waals surface area (Å²) in [7, 11) is 1.34. The van der Waals surface area contributed by atoms with Crippen LogP contribution in [-0.2, 0) is 14.3 Å². The molecule has 5 nitrogen and oxygen atoms in total. The highest BCUT2D eigenvalue weighted by Gasteiger charge is 2.36. The Balaban J connectivity index is 2.22. The third-order valence-corrected chi connectivity index (χ3v) is 3.61. The lowest BCUT2D eigenvalue weighted by Crippen LogP contribution is -2.27. The number of amides is 1. The lowest BCUT2D eigenvalue weighted by molar-refractivity contribution is -0.145. The third kappa shape index (κ3) is 2.41. The van der Waals surface area contributed by atoms with Crippen LogP contribution in [0.4, 0.5) is 5.69 Å². The largest absolute Gasteiger partial charge is 0.469 e. The second-order valence-corrected chi connectivity index (χ2v) is 4.92. The van der Waals surface area contributed by atoms with Crippen molar-refractivity contribution in [3.8, 4) is 0 Å². The van der Waals surface area contributed by atoms with Crippen molar-refractivity contribution in [3.63, 3.8) is 0 Å². The molecule has 0 bridgehead atoms. The molecule has 2 heterocycles. The van der Waals surface area contributed by atoms with Gasteiger partial charge in [0, 0.05) is 22.7 Å². The Kier molecular flexibility index (Phi) is 3.60. The van der Waals surface area contributed by atoms with Gasteiger partial charge in [-0.3, -0.25) is 14.6 Å². The number of esters is 1. The number of ether oxygens (including phenoxy) is 1. The van der Waals surface area contributed by atoms with Crippen LogP contribution < -0.4 is 4.90 Å². The number of aromatic nitrogens is 1. The molecule has 0 N–H and O–H groups in total. The summed E-state index contributed by atoms with van der Waals surface area (Å²) in [5.41, 5.74) is 0.754. The van der Waals surface area contributed by atoms with Crippen molar-refractivity contribution < 1.29 is 14.3 Å². The van der Waals surface area contributed by atoms with E-state index in [1.807, 2.05) is 6.07 Å². The number of rotatable bonds is 2. The van der Waals surface area contributed by atoms with Gasteiger partial charge in [-0.25, -0.2) is 0 Å². The average Bonchev–Trinajstić information content (AvgIpc) is 2.71. The Bertz CT molecular complexity index is 464. The van der Waals surface area contributed by atoms with Gasteiger partial charge in [0.15, 0.2) is 0 Å². The molecule has 0 radical (unpaired) electrons. The number of methoxy groups -OCH3 is 1. The molecule has 2 rings (SSSR count). The lowest BCUT2D eigenvalue weighted by Gasteiger charge is -2.17. The highest BCUT2D eigenvalue weighted by atomic mass is 127. The van der Waals surface area contributed by atoms with E-state index in [1.54, 1.807) is 17.3 Å². The first-order valence-electron chi connectivity index (χ1n) is 5.11. The number of hydrogen-bond acceptors (Lipinski definition) is 4. The summed E-state index contributed by atoms with van der Waals surface area (Å²) in [6.07, 6.45) is 3.51. The Morgan fingerprint density at radius 2 is 2.41 bits per heavy atom. The van der Waals surface area contributed by atoms with E-state index in [9.17, 15) is 9.59 Å². The molecule has 0 spiro atoms. The monoisotopic (exact) mass is 346 g/mol. The Morgan fingerprint density at radius 1 is 1.65 bits per heavy atom. The quantitative estimate of drug-likeness (QED) is 0.597. The van der Waals surface area contributed by atoms with E-state index in [-0.39, 0.29) is 24.2 Å². The second-order valence-electron chi connectivity index (χ2n) is 3.76. The summed E-state index contributed by atoms with van der Waals surface area (Å²) >= 11 is 2.14. The number of halogens is 1. The predicted molar refractivity (Wildman–Crippen MR) is 69.4 cm³/mol. The minimum atomic E-state index is -0.372. The van der Waals surface area contributed by atoms with Crippen LogP contribution in [0.5, 0.6) is 0 Å². The molecule has 90 valence electrons. The number of carbonyl (C=O) groups excluding carboxylic acids is 2. The molecule has 6 heteroatoms. The molecule has 1 saturated heterocycles. The maximum Gasteiger partial charge on any atom is 0.311 e. The van der Waals surface area contributed by atoms with Gasteiger partial charge in [-0.05, 0) is 28.7 Å². The average molecular weight is 346 g/mol. The smallest absolute Gasteiger partial charge is 0.311 e. The molecule has 1 aliphatic rings. The first-order valence-corrected chi connectivity index (χ1v) is 6.19. The fraction of sp³-hybridized carbons (Fsp3) is 0.364. The van der Waals surface area contributed by atoms with E-state index < -0.39 is 0 Å². The highest BCUT2D eigenvalue weighted by Crippen LogP contribution is 2.28. The van der Waals surface area contributed by atoms with Crippen molar-refractivity contribution in [2.75, 3.05) is 18.6 Å². The maximum atomic E-state index is 11.8. The number of anilines is 1. The first-order chi connectivity index (χ1) is 8.13. The SMILES string of the molecule is COC(=O)C1CC(=O)N(c2cnccc2I)C1. The molecule has 0 aromatic carbocycles. The van der Waals surface area contributed by atoms with Crippen LogP contribution in [-0.4, -0.2) is 30.5 Å². The van der Waals surface area contributed by atoms with Gasteiger partial charge in [-0.2, -0.15) is 0 Å². The Morgan fingerprint density at radius 3 is 3.06 bits per heavy atom. The van der Waals surface area contributed by atoms with Gasteiger partial charge >= 0.3 is 5.97 Å². The summed E-state index contributed by atoms with van der Waals surface area (Å²) in [5, 5.41) is 0. The van der Waals surface area contributed by atoms with Crippen molar-refractivity contribution in [3.05, 3.63) is 22.0 Å². The zero-order chi connectivity index (χ0) is 12.4. The van der Waals surface area contributed by atoms with E-state index in [0.29, 0.717) is 6.54 Å². The molecule has 1 aromatic rings. The number of nitrogens with zero attached hydrogens (tertiary/aromatic N) is 2. The van der Waals surface area contributed by atoms with Crippen molar-refractivity contribution in [1.82, 2.24) is 4.98 Å². The van der Waals surface area contributed by atoms with E-state index >= 15 is 0 Å². The summed E-state index contributed by atoms with van der Waals surface area (Å²) in [6, 6.07) is 1.83. The molecular weight excluding hydrogens is 335 g/mol. The normalized spacial score (nSPS) is 19.5.